The van der Waals surface area contributed by atoms with Gasteiger partial charge in [-0.25, -0.2) is 0 Å². The highest BCUT2D eigenvalue weighted by Crippen LogP contribution is 2.40. The van der Waals surface area contributed by atoms with E-state index in [0.717, 1.165) is 61.6 Å². The molecule has 1 amide bonds. The summed E-state index contributed by atoms with van der Waals surface area (Å²) in [7, 11) is 3.69. The molecule has 0 aliphatic heterocycles. The maximum Gasteiger partial charge on any atom is 0.237 e. The lowest BCUT2D eigenvalue weighted by Crippen LogP contribution is -2.44. The van der Waals surface area contributed by atoms with Gasteiger partial charge in [-0.1, -0.05) is 123 Å². The van der Waals surface area contributed by atoms with Crippen LogP contribution in [0.1, 0.15) is 74.1 Å². The maximum absolute atomic E-state index is 13.8. The number of likely N-dealkylation sites (N-methyl/N-ethyl adjacent to an activating group) is 1. The van der Waals surface area contributed by atoms with E-state index >= 15 is 0 Å². The Hall–Kier alpha value is -2.91. The second-order valence-electron chi connectivity index (χ2n) is 10.0. The van der Waals surface area contributed by atoms with Gasteiger partial charge in [-0.05, 0) is 42.9 Å². The van der Waals surface area contributed by atoms with Crippen LogP contribution in [0.3, 0.4) is 0 Å². The van der Waals surface area contributed by atoms with Gasteiger partial charge < -0.3 is 10.0 Å². The van der Waals surface area contributed by atoms with Gasteiger partial charge in [0, 0.05) is 14.1 Å². The lowest BCUT2D eigenvalue weighted by atomic mass is 9.69. The Morgan fingerprint density at radius 3 is 1.71 bits per heavy atom. The van der Waals surface area contributed by atoms with Crippen LogP contribution in [0.15, 0.2) is 84.9 Å². The van der Waals surface area contributed by atoms with E-state index in [-0.39, 0.29) is 5.91 Å². The number of benzene rings is 3. The standard InChI is InChI=1S/C32H41NO2/c1-5-23-31(35,27-21-19-26(2)20-22-27)24-13-8-14-25-32(30(34)33(3)4,28-15-9-6-10-16-28)29-17-11-7-12-18-29/h6-7,9-12,15-22,35H,5,8,13-14,23-25H2,1-4H3. The molecular formula is C32H41NO2. The highest BCUT2D eigenvalue weighted by Gasteiger charge is 2.42. The van der Waals surface area contributed by atoms with Gasteiger partial charge in [-0.3, -0.25) is 4.79 Å². The molecule has 0 heterocycles. The molecule has 0 aliphatic carbocycles. The Morgan fingerprint density at radius 2 is 1.23 bits per heavy atom. The number of aliphatic hydroxyl groups is 1. The zero-order valence-electron chi connectivity index (χ0n) is 21.8. The van der Waals surface area contributed by atoms with Gasteiger partial charge >= 0.3 is 0 Å². The predicted molar refractivity (Wildman–Crippen MR) is 145 cm³/mol. The van der Waals surface area contributed by atoms with E-state index in [2.05, 4.69) is 62.4 Å². The molecule has 0 aliphatic rings. The fraction of sp³-hybridized carbons (Fsp3) is 0.406. The molecule has 3 rings (SSSR count). The molecule has 1 unspecified atom stereocenters. The van der Waals surface area contributed by atoms with Crippen LogP contribution in [0.2, 0.25) is 0 Å². The fourth-order valence-corrected chi connectivity index (χ4v) is 5.31. The summed E-state index contributed by atoms with van der Waals surface area (Å²) in [6, 6.07) is 28.7. The van der Waals surface area contributed by atoms with E-state index in [4.69, 9.17) is 0 Å². The summed E-state index contributed by atoms with van der Waals surface area (Å²) in [5, 5.41) is 11.5. The van der Waals surface area contributed by atoms with Crippen LogP contribution in [-0.4, -0.2) is 30.0 Å². The van der Waals surface area contributed by atoms with Crippen molar-refractivity contribution in [3.8, 4) is 0 Å². The topological polar surface area (TPSA) is 40.5 Å². The number of carbonyl (C=O) groups is 1. The second-order valence-corrected chi connectivity index (χ2v) is 10.0. The summed E-state index contributed by atoms with van der Waals surface area (Å²) in [5.74, 6) is 0.108. The molecule has 1 atom stereocenters. The third-order valence-corrected chi connectivity index (χ3v) is 7.20. The first-order valence-corrected chi connectivity index (χ1v) is 13.0. The molecule has 0 saturated heterocycles. The summed E-state index contributed by atoms with van der Waals surface area (Å²) >= 11 is 0. The molecule has 35 heavy (non-hydrogen) atoms. The van der Waals surface area contributed by atoms with E-state index in [1.165, 1.54) is 5.56 Å². The minimum atomic E-state index is -0.794. The number of nitrogens with zero attached hydrogens (tertiary/aromatic N) is 1. The van der Waals surface area contributed by atoms with Crippen molar-refractivity contribution < 1.29 is 9.90 Å². The van der Waals surface area contributed by atoms with Crippen molar-refractivity contribution in [2.24, 2.45) is 0 Å². The maximum atomic E-state index is 13.8. The van der Waals surface area contributed by atoms with Crippen molar-refractivity contribution in [1.29, 1.82) is 0 Å². The van der Waals surface area contributed by atoms with Gasteiger partial charge in [-0.15, -0.1) is 0 Å². The second kappa shape index (κ2) is 12.2. The molecule has 0 radical (unpaired) electrons. The van der Waals surface area contributed by atoms with Crippen molar-refractivity contribution in [3.63, 3.8) is 0 Å². The molecular weight excluding hydrogens is 430 g/mol. The zero-order valence-corrected chi connectivity index (χ0v) is 21.8. The molecule has 3 heteroatoms. The van der Waals surface area contributed by atoms with Crippen LogP contribution < -0.4 is 0 Å². The lowest BCUT2D eigenvalue weighted by Gasteiger charge is -2.36. The monoisotopic (exact) mass is 471 g/mol. The first-order chi connectivity index (χ1) is 16.8. The van der Waals surface area contributed by atoms with Crippen LogP contribution in [0.4, 0.5) is 0 Å². The molecule has 0 aromatic heterocycles. The summed E-state index contributed by atoms with van der Waals surface area (Å²) in [6.07, 6.45) is 5.93. The number of carbonyl (C=O) groups excluding carboxylic acids is 1. The highest BCUT2D eigenvalue weighted by molar-refractivity contribution is 5.91. The van der Waals surface area contributed by atoms with E-state index in [1.54, 1.807) is 4.90 Å². The van der Waals surface area contributed by atoms with Gasteiger partial charge in [-0.2, -0.15) is 0 Å². The lowest BCUT2D eigenvalue weighted by molar-refractivity contribution is -0.133. The first kappa shape index (κ1) is 26.7. The van der Waals surface area contributed by atoms with Gasteiger partial charge in [0.2, 0.25) is 5.91 Å². The molecule has 0 bridgehead atoms. The smallest absolute Gasteiger partial charge is 0.237 e. The van der Waals surface area contributed by atoms with Crippen LogP contribution in [0.25, 0.3) is 0 Å². The SMILES string of the molecule is CCCC(O)(CCCCCC(C(=O)N(C)C)(c1ccccc1)c1ccccc1)c1ccc(C)cc1. The van der Waals surface area contributed by atoms with E-state index in [0.29, 0.717) is 0 Å². The number of hydrogen-bond acceptors (Lipinski definition) is 2. The van der Waals surface area contributed by atoms with Crippen molar-refractivity contribution in [1.82, 2.24) is 4.90 Å². The Labute approximate surface area is 211 Å². The highest BCUT2D eigenvalue weighted by atomic mass is 16.3. The van der Waals surface area contributed by atoms with Gasteiger partial charge in [0.05, 0.1) is 11.0 Å². The Balaban J connectivity index is 1.79. The van der Waals surface area contributed by atoms with E-state index < -0.39 is 11.0 Å². The minimum absolute atomic E-state index is 0.108. The fourth-order valence-electron chi connectivity index (χ4n) is 5.31. The van der Waals surface area contributed by atoms with Gasteiger partial charge in [0.25, 0.3) is 0 Å². The molecule has 1 N–H and O–H groups in total. The number of hydrogen-bond donors (Lipinski definition) is 1. The molecule has 0 saturated carbocycles. The number of aryl methyl sites for hydroxylation is 1. The average molecular weight is 472 g/mol. The van der Waals surface area contributed by atoms with Crippen molar-refractivity contribution in [2.75, 3.05) is 14.1 Å². The third kappa shape index (κ3) is 6.21. The van der Waals surface area contributed by atoms with Crippen molar-refractivity contribution in [3.05, 3.63) is 107 Å². The Bertz CT molecular complexity index is 1000. The molecule has 3 nitrogen and oxygen atoms in total. The Morgan fingerprint density at radius 1 is 0.714 bits per heavy atom. The zero-order chi connectivity index (χ0) is 25.3. The summed E-state index contributed by atoms with van der Waals surface area (Å²) < 4.78 is 0. The minimum Gasteiger partial charge on any atom is -0.385 e. The predicted octanol–water partition coefficient (Wildman–Crippen LogP) is 7.01. The van der Waals surface area contributed by atoms with Crippen LogP contribution in [0.5, 0.6) is 0 Å². The summed E-state index contributed by atoms with van der Waals surface area (Å²) in [5.41, 5.74) is 2.77. The average Bonchev–Trinajstić information content (AvgIpc) is 2.87. The molecule has 186 valence electrons. The number of amides is 1. The number of unbranched alkanes of at least 4 members (excludes halogenated alkanes) is 2. The third-order valence-electron chi connectivity index (χ3n) is 7.20. The van der Waals surface area contributed by atoms with Crippen molar-refractivity contribution in [2.45, 2.75) is 69.8 Å². The normalized spacial score (nSPS) is 13.3. The van der Waals surface area contributed by atoms with E-state index in [9.17, 15) is 9.90 Å². The van der Waals surface area contributed by atoms with Gasteiger partial charge in [0.1, 0.15) is 0 Å². The van der Waals surface area contributed by atoms with Crippen LogP contribution in [-0.2, 0) is 15.8 Å². The van der Waals surface area contributed by atoms with Gasteiger partial charge in [0.15, 0.2) is 0 Å². The number of rotatable bonds is 12. The summed E-state index contributed by atoms with van der Waals surface area (Å²) in [4.78, 5) is 15.5. The summed E-state index contributed by atoms with van der Waals surface area (Å²) in [6.45, 7) is 4.20. The molecule has 3 aromatic rings. The quantitative estimate of drug-likeness (QED) is 0.289. The Kier molecular flexibility index (Phi) is 9.28. The van der Waals surface area contributed by atoms with E-state index in [1.807, 2.05) is 50.5 Å². The first-order valence-electron chi connectivity index (χ1n) is 13.0. The molecule has 0 spiro atoms. The molecule has 0 fully saturated rings. The van der Waals surface area contributed by atoms with Crippen LogP contribution >= 0.6 is 0 Å². The molecule has 3 aromatic carbocycles. The van der Waals surface area contributed by atoms with Crippen LogP contribution in [0, 0.1) is 6.92 Å². The largest absolute Gasteiger partial charge is 0.385 e. The van der Waals surface area contributed by atoms with Crippen molar-refractivity contribution >= 4 is 5.91 Å².